The first-order chi connectivity index (χ1) is 7.16. The molecule has 0 saturated heterocycles. The topological polar surface area (TPSA) is 63.4 Å². The normalized spacial score (nSPS) is 9.20. The number of aliphatic hydroxyl groups is 1. The van der Waals surface area contributed by atoms with Gasteiger partial charge in [0.1, 0.15) is 5.56 Å². The largest absolute Gasteiger partial charge is 0.395 e. The first-order valence-electron chi connectivity index (χ1n) is 4.50. The van der Waals surface area contributed by atoms with Crippen LogP contribution in [0.1, 0.15) is 17.5 Å². The minimum absolute atomic E-state index is 0.0351. The maximum Gasteiger partial charge on any atom is 0.287 e. The summed E-state index contributed by atoms with van der Waals surface area (Å²) in [5.74, 6) is 5.35. The van der Waals surface area contributed by atoms with E-state index in [0.717, 1.165) is 0 Å². The smallest absolute Gasteiger partial charge is 0.287 e. The molecule has 0 unspecified atom stereocenters. The molecule has 78 valence electrons. The molecule has 1 rings (SSSR count). The molecule has 0 bridgehead atoms. The minimum atomic E-state index is -0.432. The monoisotopic (exact) mass is 205 g/mol. The SMILES string of the molecule is Cc1cccc(C#CCCO)c1[N+](=O)[O-]. The quantitative estimate of drug-likeness (QED) is 0.453. The van der Waals surface area contributed by atoms with Crippen LogP contribution in [0.3, 0.4) is 0 Å². The van der Waals surface area contributed by atoms with Crippen LogP contribution >= 0.6 is 0 Å². The predicted molar refractivity (Wildman–Crippen MR) is 56.4 cm³/mol. The van der Waals surface area contributed by atoms with E-state index in [9.17, 15) is 10.1 Å². The number of rotatable bonds is 2. The zero-order chi connectivity index (χ0) is 11.3. The summed E-state index contributed by atoms with van der Waals surface area (Å²) in [6, 6.07) is 5.01. The second-order valence-electron chi connectivity index (χ2n) is 3.00. The Hall–Kier alpha value is -1.86. The molecule has 0 aliphatic carbocycles. The lowest BCUT2D eigenvalue weighted by Crippen LogP contribution is -1.95. The van der Waals surface area contributed by atoms with Gasteiger partial charge < -0.3 is 5.11 Å². The van der Waals surface area contributed by atoms with E-state index in [0.29, 0.717) is 17.5 Å². The van der Waals surface area contributed by atoms with E-state index in [1.807, 2.05) is 0 Å². The second-order valence-corrected chi connectivity index (χ2v) is 3.00. The summed E-state index contributed by atoms with van der Waals surface area (Å²) in [6.07, 6.45) is 0.325. The molecule has 0 aliphatic rings. The summed E-state index contributed by atoms with van der Waals surface area (Å²) < 4.78 is 0. The van der Waals surface area contributed by atoms with Gasteiger partial charge >= 0.3 is 0 Å². The molecule has 0 heterocycles. The van der Waals surface area contributed by atoms with Gasteiger partial charge in [-0.2, -0.15) is 0 Å². The van der Waals surface area contributed by atoms with Crippen LogP contribution in [0.25, 0.3) is 0 Å². The van der Waals surface area contributed by atoms with E-state index in [-0.39, 0.29) is 12.3 Å². The van der Waals surface area contributed by atoms with Crippen LogP contribution in [0.15, 0.2) is 18.2 Å². The number of nitro groups is 1. The summed E-state index contributed by atoms with van der Waals surface area (Å²) in [4.78, 5) is 10.3. The van der Waals surface area contributed by atoms with Crippen LogP contribution in [0.5, 0.6) is 0 Å². The van der Waals surface area contributed by atoms with Gasteiger partial charge in [0, 0.05) is 12.0 Å². The third-order valence-corrected chi connectivity index (χ3v) is 1.88. The highest BCUT2D eigenvalue weighted by Gasteiger charge is 2.14. The first-order valence-corrected chi connectivity index (χ1v) is 4.50. The Balaban J connectivity index is 3.13. The lowest BCUT2D eigenvalue weighted by molar-refractivity contribution is -0.385. The van der Waals surface area contributed by atoms with E-state index in [1.54, 1.807) is 25.1 Å². The molecule has 0 fully saturated rings. The van der Waals surface area contributed by atoms with Crippen molar-refractivity contribution in [2.24, 2.45) is 0 Å². The first kappa shape index (κ1) is 11.2. The molecule has 0 spiro atoms. The number of aliphatic hydroxyl groups excluding tert-OH is 1. The molecule has 1 N–H and O–H groups in total. The van der Waals surface area contributed by atoms with Crippen molar-refractivity contribution in [1.29, 1.82) is 0 Å². The Morgan fingerprint density at radius 3 is 2.87 bits per heavy atom. The highest BCUT2D eigenvalue weighted by molar-refractivity contribution is 5.55. The third-order valence-electron chi connectivity index (χ3n) is 1.88. The summed E-state index contributed by atoms with van der Waals surface area (Å²) >= 11 is 0. The van der Waals surface area contributed by atoms with E-state index in [1.165, 1.54) is 0 Å². The zero-order valence-electron chi connectivity index (χ0n) is 8.36. The molecular formula is C11H11NO3. The van der Waals surface area contributed by atoms with E-state index in [4.69, 9.17) is 5.11 Å². The lowest BCUT2D eigenvalue weighted by atomic mass is 10.1. The summed E-state index contributed by atoms with van der Waals surface area (Å²) in [6.45, 7) is 1.64. The van der Waals surface area contributed by atoms with Crippen molar-refractivity contribution in [3.8, 4) is 11.8 Å². The van der Waals surface area contributed by atoms with Crippen LogP contribution in [0.4, 0.5) is 5.69 Å². The van der Waals surface area contributed by atoms with Crippen LogP contribution < -0.4 is 0 Å². The van der Waals surface area contributed by atoms with Gasteiger partial charge in [-0.25, -0.2) is 0 Å². The Morgan fingerprint density at radius 1 is 1.53 bits per heavy atom. The number of hydrogen-bond donors (Lipinski definition) is 1. The number of para-hydroxylation sites is 1. The van der Waals surface area contributed by atoms with Gasteiger partial charge in [0.05, 0.1) is 11.5 Å². The molecule has 0 saturated carbocycles. The molecule has 4 nitrogen and oxygen atoms in total. The van der Waals surface area contributed by atoms with E-state index >= 15 is 0 Å². The van der Waals surface area contributed by atoms with Gasteiger partial charge in [-0.05, 0) is 13.0 Å². The standard InChI is InChI=1S/C11H11NO3/c1-9-5-4-7-10(6-2-3-8-13)11(9)12(14)15/h4-5,7,13H,3,8H2,1H3. The third kappa shape index (κ3) is 2.79. The molecule has 4 heteroatoms. The lowest BCUT2D eigenvalue weighted by Gasteiger charge is -1.98. The summed E-state index contributed by atoms with van der Waals surface area (Å²) in [5.41, 5.74) is 1.03. The van der Waals surface area contributed by atoms with Crippen LogP contribution in [0.2, 0.25) is 0 Å². The van der Waals surface area contributed by atoms with Crippen molar-refractivity contribution < 1.29 is 10.0 Å². The minimum Gasteiger partial charge on any atom is -0.395 e. The molecule has 0 radical (unpaired) electrons. The van der Waals surface area contributed by atoms with Crippen molar-refractivity contribution in [2.75, 3.05) is 6.61 Å². The average molecular weight is 205 g/mol. The van der Waals surface area contributed by atoms with Crippen LogP contribution in [-0.2, 0) is 0 Å². The van der Waals surface area contributed by atoms with E-state index in [2.05, 4.69) is 11.8 Å². The highest BCUT2D eigenvalue weighted by atomic mass is 16.6. The van der Waals surface area contributed by atoms with Crippen molar-refractivity contribution >= 4 is 5.69 Å². The summed E-state index contributed by atoms with van der Waals surface area (Å²) in [5, 5.41) is 19.3. The Bertz CT molecular complexity index is 429. The maximum absolute atomic E-state index is 10.8. The van der Waals surface area contributed by atoms with Crippen molar-refractivity contribution in [3.05, 3.63) is 39.4 Å². The molecule has 0 aliphatic heterocycles. The number of nitrogens with zero attached hydrogens (tertiary/aromatic N) is 1. The van der Waals surface area contributed by atoms with Crippen molar-refractivity contribution in [1.82, 2.24) is 0 Å². The van der Waals surface area contributed by atoms with Gasteiger partial charge in [-0.15, -0.1) is 0 Å². The Morgan fingerprint density at radius 2 is 2.27 bits per heavy atom. The highest BCUT2D eigenvalue weighted by Crippen LogP contribution is 2.21. The van der Waals surface area contributed by atoms with Gasteiger partial charge in [0.2, 0.25) is 0 Å². The maximum atomic E-state index is 10.8. The predicted octanol–water partition coefficient (Wildman–Crippen LogP) is 1.64. The van der Waals surface area contributed by atoms with Gasteiger partial charge in [0.25, 0.3) is 5.69 Å². The van der Waals surface area contributed by atoms with Gasteiger partial charge in [0.15, 0.2) is 0 Å². The van der Waals surface area contributed by atoms with Crippen molar-refractivity contribution in [2.45, 2.75) is 13.3 Å². The molecule has 1 aromatic rings. The Kier molecular flexibility index (Phi) is 3.83. The summed E-state index contributed by atoms with van der Waals surface area (Å²) in [7, 11) is 0. The second kappa shape index (κ2) is 5.13. The molecule has 15 heavy (non-hydrogen) atoms. The molecule has 1 aromatic carbocycles. The number of benzene rings is 1. The fraction of sp³-hybridized carbons (Fsp3) is 0.273. The fourth-order valence-electron chi connectivity index (χ4n) is 1.22. The van der Waals surface area contributed by atoms with Gasteiger partial charge in [-0.1, -0.05) is 24.0 Å². The number of aryl methyl sites for hydroxylation is 1. The van der Waals surface area contributed by atoms with Gasteiger partial charge in [-0.3, -0.25) is 10.1 Å². The molecule has 0 aromatic heterocycles. The Labute approximate surface area is 87.7 Å². The van der Waals surface area contributed by atoms with Crippen molar-refractivity contribution in [3.63, 3.8) is 0 Å². The number of hydrogen-bond acceptors (Lipinski definition) is 3. The molecular weight excluding hydrogens is 194 g/mol. The zero-order valence-corrected chi connectivity index (χ0v) is 8.36. The number of nitro benzene ring substituents is 1. The van der Waals surface area contributed by atoms with Crippen LogP contribution in [-0.4, -0.2) is 16.6 Å². The fourth-order valence-corrected chi connectivity index (χ4v) is 1.22. The molecule has 0 amide bonds. The van der Waals surface area contributed by atoms with Crippen LogP contribution in [0, 0.1) is 28.9 Å². The molecule has 0 atom stereocenters. The van der Waals surface area contributed by atoms with E-state index < -0.39 is 4.92 Å². The average Bonchev–Trinajstić information content (AvgIpc) is 2.17.